The van der Waals surface area contributed by atoms with E-state index in [2.05, 4.69) is 4.98 Å². The number of nitriles is 1. The van der Waals surface area contributed by atoms with E-state index in [4.69, 9.17) is 0 Å². The number of aromatic nitrogens is 1. The third kappa shape index (κ3) is 5.29. The zero-order valence-electron chi connectivity index (χ0n) is 16.2. The summed E-state index contributed by atoms with van der Waals surface area (Å²) in [6, 6.07) is 1.99. The molecule has 2 aliphatic rings. The summed E-state index contributed by atoms with van der Waals surface area (Å²) < 4.78 is 0. The highest BCUT2D eigenvalue weighted by atomic mass is 32.1. The molecule has 2 fully saturated rings. The molecule has 150 valence electrons. The molecule has 5 nitrogen and oxygen atoms in total. The SMILES string of the molecule is N#C/C(=C\c1nccs1)C(=O)CCC1CC[C@@H](C2CCCCC2)[C@H](C(=O)O)C1. The molecular weight excluding hydrogens is 372 g/mol. The van der Waals surface area contributed by atoms with E-state index in [1.165, 1.54) is 43.4 Å². The molecule has 1 aromatic heterocycles. The van der Waals surface area contributed by atoms with Crippen molar-refractivity contribution in [2.75, 3.05) is 0 Å². The third-order valence-corrected chi connectivity index (χ3v) is 7.23. The van der Waals surface area contributed by atoms with E-state index in [0.717, 1.165) is 12.8 Å². The van der Waals surface area contributed by atoms with Crippen LogP contribution in [0.2, 0.25) is 0 Å². The summed E-state index contributed by atoms with van der Waals surface area (Å²) in [5.74, 6) is -0.0111. The van der Waals surface area contributed by atoms with E-state index in [0.29, 0.717) is 36.1 Å². The first-order chi connectivity index (χ1) is 13.6. The molecule has 2 saturated carbocycles. The fourth-order valence-corrected chi connectivity index (χ4v) is 5.60. The van der Waals surface area contributed by atoms with Gasteiger partial charge >= 0.3 is 5.97 Å². The number of hydrogen-bond donors (Lipinski definition) is 1. The van der Waals surface area contributed by atoms with Gasteiger partial charge in [-0.1, -0.05) is 38.5 Å². The lowest BCUT2D eigenvalue weighted by Gasteiger charge is -2.40. The van der Waals surface area contributed by atoms with Crippen LogP contribution in [0.15, 0.2) is 17.2 Å². The number of nitrogens with zero attached hydrogens (tertiary/aromatic N) is 2. The Morgan fingerprint density at radius 1 is 1.25 bits per heavy atom. The molecule has 0 aromatic carbocycles. The van der Waals surface area contributed by atoms with Crippen molar-refractivity contribution >= 4 is 29.2 Å². The van der Waals surface area contributed by atoms with E-state index >= 15 is 0 Å². The van der Waals surface area contributed by atoms with Gasteiger partial charge in [0.15, 0.2) is 5.78 Å². The standard InChI is InChI=1S/C22H28N2O3S/c23-14-17(13-21-24-10-11-28-21)20(25)9-7-15-6-8-18(19(12-15)22(26)27)16-4-2-1-3-5-16/h10-11,13,15-16,18-19H,1-9,12H2,(H,26,27)/b17-13+/t15?,18-,19+/m0/s1. The van der Waals surface area contributed by atoms with Crippen LogP contribution in [0, 0.1) is 35.0 Å². The Morgan fingerprint density at radius 3 is 2.68 bits per heavy atom. The number of hydrogen-bond acceptors (Lipinski definition) is 5. The van der Waals surface area contributed by atoms with Crippen LogP contribution in [0.4, 0.5) is 0 Å². The van der Waals surface area contributed by atoms with E-state index in [1.54, 1.807) is 12.3 Å². The first kappa shape index (κ1) is 20.7. The van der Waals surface area contributed by atoms with Crippen LogP contribution in [-0.2, 0) is 9.59 Å². The lowest BCUT2D eigenvalue weighted by atomic mass is 9.65. The molecule has 1 heterocycles. The fraction of sp³-hybridized carbons (Fsp3) is 0.636. The number of thiazole rings is 1. The van der Waals surface area contributed by atoms with Crippen molar-refractivity contribution in [1.29, 1.82) is 5.26 Å². The van der Waals surface area contributed by atoms with Gasteiger partial charge in [-0.15, -0.1) is 11.3 Å². The second-order valence-electron chi connectivity index (χ2n) is 8.19. The molecule has 1 unspecified atom stereocenters. The summed E-state index contributed by atoms with van der Waals surface area (Å²) in [5, 5.41) is 21.5. The summed E-state index contributed by atoms with van der Waals surface area (Å²) >= 11 is 1.39. The summed E-state index contributed by atoms with van der Waals surface area (Å²) in [5.41, 5.74) is 0.139. The number of carboxylic acid groups (broad SMARTS) is 1. The Balaban J connectivity index is 1.56. The van der Waals surface area contributed by atoms with Gasteiger partial charge in [-0.2, -0.15) is 5.26 Å². The average molecular weight is 401 g/mol. The fourth-order valence-electron chi connectivity index (χ4n) is 5.03. The zero-order chi connectivity index (χ0) is 19.9. The molecule has 6 heteroatoms. The predicted octanol–water partition coefficient (Wildman–Crippen LogP) is 5.10. The van der Waals surface area contributed by atoms with Crippen LogP contribution < -0.4 is 0 Å². The maximum Gasteiger partial charge on any atom is 0.306 e. The van der Waals surface area contributed by atoms with Crippen molar-refractivity contribution in [2.45, 2.75) is 64.2 Å². The minimum absolute atomic E-state index is 0.139. The zero-order valence-corrected chi connectivity index (χ0v) is 17.0. The Bertz CT molecular complexity index is 744. The van der Waals surface area contributed by atoms with E-state index in [1.807, 2.05) is 11.4 Å². The summed E-state index contributed by atoms with van der Waals surface area (Å²) in [7, 11) is 0. The van der Waals surface area contributed by atoms with Crippen molar-refractivity contribution in [1.82, 2.24) is 4.98 Å². The molecule has 2 aliphatic carbocycles. The van der Waals surface area contributed by atoms with Crippen molar-refractivity contribution in [2.24, 2.45) is 23.7 Å². The number of carbonyl (C=O) groups is 2. The first-order valence-corrected chi connectivity index (χ1v) is 11.2. The Labute approximate surface area is 170 Å². The topological polar surface area (TPSA) is 91.0 Å². The quantitative estimate of drug-likeness (QED) is 0.508. The largest absolute Gasteiger partial charge is 0.481 e. The van der Waals surface area contributed by atoms with Gasteiger partial charge in [0.1, 0.15) is 11.1 Å². The van der Waals surface area contributed by atoms with Gasteiger partial charge in [0.25, 0.3) is 0 Å². The van der Waals surface area contributed by atoms with Gasteiger partial charge in [-0.25, -0.2) is 4.98 Å². The summed E-state index contributed by atoms with van der Waals surface area (Å²) in [4.78, 5) is 28.4. The lowest BCUT2D eigenvalue weighted by molar-refractivity contribution is -0.147. The average Bonchev–Trinajstić information content (AvgIpc) is 3.24. The molecule has 0 amide bonds. The van der Waals surface area contributed by atoms with Crippen molar-refractivity contribution in [3.8, 4) is 6.07 Å². The Hall–Kier alpha value is -2.00. The predicted molar refractivity (Wildman–Crippen MR) is 108 cm³/mol. The first-order valence-electron chi connectivity index (χ1n) is 10.4. The maximum atomic E-state index is 12.4. The second-order valence-corrected chi connectivity index (χ2v) is 9.11. The summed E-state index contributed by atoms with van der Waals surface area (Å²) in [6.07, 6.45) is 12.9. The van der Waals surface area contributed by atoms with Crippen molar-refractivity contribution < 1.29 is 14.7 Å². The number of allylic oxidation sites excluding steroid dienone is 1. The minimum Gasteiger partial charge on any atom is -0.481 e. The smallest absolute Gasteiger partial charge is 0.306 e. The van der Waals surface area contributed by atoms with E-state index in [9.17, 15) is 20.0 Å². The number of carboxylic acids is 1. The molecule has 3 rings (SSSR count). The molecule has 0 radical (unpaired) electrons. The molecule has 0 spiro atoms. The van der Waals surface area contributed by atoms with Gasteiger partial charge in [-0.05, 0) is 43.1 Å². The number of rotatable bonds is 7. The number of aliphatic carboxylic acids is 1. The highest BCUT2D eigenvalue weighted by Crippen LogP contribution is 2.44. The summed E-state index contributed by atoms with van der Waals surface area (Å²) in [6.45, 7) is 0. The molecular formula is C22H28N2O3S. The molecule has 0 bridgehead atoms. The van der Waals surface area contributed by atoms with Gasteiger partial charge in [0.05, 0.1) is 11.5 Å². The highest BCUT2D eigenvalue weighted by molar-refractivity contribution is 7.10. The number of ketones is 1. The maximum absolute atomic E-state index is 12.4. The van der Waals surface area contributed by atoms with E-state index in [-0.39, 0.29) is 23.2 Å². The van der Waals surface area contributed by atoms with Crippen LogP contribution >= 0.6 is 11.3 Å². The molecule has 3 atom stereocenters. The van der Waals surface area contributed by atoms with Crippen LogP contribution in [0.1, 0.15) is 69.2 Å². The van der Waals surface area contributed by atoms with Crippen LogP contribution in [-0.4, -0.2) is 21.8 Å². The minimum atomic E-state index is -0.673. The molecule has 0 aliphatic heterocycles. The monoisotopic (exact) mass is 400 g/mol. The number of carbonyl (C=O) groups excluding carboxylic acids is 1. The highest BCUT2D eigenvalue weighted by Gasteiger charge is 2.39. The van der Waals surface area contributed by atoms with Crippen molar-refractivity contribution in [3.05, 3.63) is 22.2 Å². The third-order valence-electron chi connectivity index (χ3n) is 6.50. The second kappa shape index (κ2) is 9.97. The van der Waals surface area contributed by atoms with Crippen LogP contribution in [0.5, 0.6) is 0 Å². The van der Waals surface area contributed by atoms with Crippen molar-refractivity contribution in [3.63, 3.8) is 0 Å². The Kier molecular flexibility index (Phi) is 7.38. The normalized spacial score (nSPS) is 26.5. The molecule has 1 aromatic rings. The van der Waals surface area contributed by atoms with Crippen LogP contribution in [0.3, 0.4) is 0 Å². The van der Waals surface area contributed by atoms with E-state index < -0.39 is 5.97 Å². The van der Waals surface area contributed by atoms with Crippen LogP contribution in [0.25, 0.3) is 6.08 Å². The number of Topliss-reactive ketones (excluding diaryl/α,β-unsaturated/α-hetero) is 1. The molecule has 28 heavy (non-hydrogen) atoms. The van der Waals surface area contributed by atoms with Gasteiger partial charge in [0.2, 0.25) is 0 Å². The van der Waals surface area contributed by atoms with Gasteiger partial charge < -0.3 is 5.11 Å². The Morgan fingerprint density at radius 2 is 2.04 bits per heavy atom. The molecule has 0 saturated heterocycles. The molecule has 1 N–H and O–H groups in total. The lowest BCUT2D eigenvalue weighted by Crippen LogP contribution is -2.36. The van der Waals surface area contributed by atoms with Gasteiger partial charge in [-0.3, -0.25) is 9.59 Å². The van der Waals surface area contributed by atoms with Gasteiger partial charge in [0, 0.05) is 18.0 Å².